The van der Waals surface area contributed by atoms with Gasteiger partial charge in [0, 0.05) is 10.7 Å². The number of halogens is 2. The van der Waals surface area contributed by atoms with Crippen molar-refractivity contribution in [3.63, 3.8) is 0 Å². The Labute approximate surface area is 127 Å². The molecule has 1 heterocycles. The lowest BCUT2D eigenvalue weighted by Gasteiger charge is -2.18. The zero-order valence-corrected chi connectivity index (χ0v) is 13.1. The van der Waals surface area contributed by atoms with Gasteiger partial charge in [-0.05, 0) is 36.7 Å². The van der Waals surface area contributed by atoms with Crippen LogP contribution >= 0.6 is 27.5 Å². The second-order valence-electron chi connectivity index (χ2n) is 4.31. The molecule has 0 aliphatic carbocycles. The Balaban J connectivity index is 2.21. The third-order valence-corrected chi connectivity index (χ3v) is 3.94. The third-order valence-electron chi connectivity index (χ3n) is 2.94. The Morgan fingerprint density at radius 3 is 2.68 bits per heavy atom. The minimum absolute atomic E-state index is 0.195. The second-order valence-corrected chi connectivity index (χ2v) is 5.60. The van der Waals surface area contributed by atoms with Gasteiger partial charge < -0.3 is 5.32 Å². The van der Waals surface area contributed by atoms with Crippen molar-refractivity contribution in [3.05, 3.63) is 63.3 Å². The molecule has 1 aromatic heterocycles. The SMILES string of the molecule is CCNC(Cc1ccccc1Br)c1ccc(Cl)cn1. The molecule has 0 saturated carbocycles. The van der Waals surface area contributed by atoms with Gasteiger partial charge in [-0.3, -0.25) is 4.98 Å². The summed E-state index contributed by atoms with van der Waals surface area (Å²) in [5.74, 6) is 0. The third kappa shape index (κ3) is 4.03. The molecule has 2 nitrogen and oxygen atoms in total. The first kappa shape index (κ1) is 14.5. The first-order valence-electron chi connectivity index (χ1n) is 6.29. The number of hydrogen-bond donors (Lipinski definition) is 1. The largest absolute Gasteiger partial charge is 0.309 e. The van der Waals surface area contributed by atoms with E-state index in [1.807, 2.05) is 18.2 Å². The number of likely N-dealkylation sites (N-methyl/N-ethyl adjacent to an activating group) is 1. The van der Waals surface area contributed by atoms with E-state index < -0.39 is 0 Å². The Hall–Kier alpha value is -0.900. The Morgan fingerprint density at radius 1 is 1.26 bits per heavy atom. The van der Waals surface area contributed by atoms with Crippen LogP contribution in [-0.2, 0) is 6.42 Å². The van der Waals surface area contributed by atoms with Crippen molar-refractivity contribution < 1.29 is 0 Å². The van der Waals surface area contributed by atoms with Crippen molar-refractivity contribution in [2.75, 3.05) is 6.54 Å². The van der Waals surface area contributed by atoms with Crippen molar-refractivity contribution in [3.8, 4) is 0 Å². The number of aromatic nitrogens is 1. The zero-order chi connectivity index (χ0) is 13.7. The van der Waals surface area contributed by atoms with Gasteiger partial charge in [-0.15, -0.1) is 0 Å². The molecule has 2 rings (SSSR count). The Kier molecular flexibility index (Phi) is 5.37. The summed E-state index contributed by atoms with van der Waals surface area (Å²) in [6.45, 7) is 3.00. The lowest BCUT2D eigenvalue weighted by Crippen LogP contribution is -2.24. The van der Waals surface area contributed by atoms with Crippen LogP contribution in [0.15, 0.2) is 47.1 Å². The van der Waals surface area contributed by atoms with Crippen molar-refractivity contribution in [2.45, 2.75) is 19.4 Å². The fourth-order valence-corrected chi connectivity index (χ4v) is 2.56. The van der Waals surface area contributed by atoms with Crippen molar-refractivity contribution in [1.82, 2.24) is 10.3 Å². The van der Waals surface area contributed by atoms with Crippen LogP contribution in [0.1, 0.15) is 24.2 Å². The van der Waals surface area contributed by atoms with Crippen LogP contribution in [0.3, 0.4) is 0 Å². The van der Waals surface area contributed by atoms with E-state index in [0.717, 1.165) is 23.1 Å². The molecule has 1 aromatic carbocycles. The highest BCUT2D eigenvalue weighted by Gasteiger charge is 2.13. The quantitative estimate of drug-likeness (QED) is 0.874. The first-order valence-corrected chi connectivity index (χ1v) is 7.46. The summed E-state index contributed by atoms with van der Waals surface area (Å²) in [6, 6.07) is 12.3. The lowest BCUT2D eigenvalue weighted by atomic mass is 10.0. The molecule has 0 saturated heterocycles. The average molecular weight is 340 g/mol. The van der Waals surface area contributed by atoms with Gasteiger partial charge >= 0.3 is 0 Å². The van der Waals surface area contributed by atoms with Gasteiger partial charge in [0.15, 0.2) is 0 Å². The number of pyridine rings is 1. The molecule has 100 valence electrons. The zero-order valence-electron chi connectivity index (χ0n) is 10.7. The molecule has 1 atom stereocenters. The van der Waals surface area contributed by atoms with Gasteiger partial charge in [0.1, 0.15) is 0 Å². The fourth-order valence-electron chi connectivity index (χ4n) is 2.00. The van der Waals surface area contributed by atoms with Crippen LogP contribution in [0, 0.1) is 0 Å². The lowest BCUT2D eigenvalue weighted by molar-refractivity contribution is 0.536. The minimum atomic E-state index is 0.195. The highest BCUT2D eigenvalue weighted by molar-refractivity contribution is 9.10. The van der Waals surface area contributed by atoms with Crippen LogP contribution in [0.2, 0.25) is 5.02 Å². The fraction of sp³-hybridized carbons (Fsp3) is 0.267. The van der Waals surface area contributed by atoms with Crippen molar-refractivity contribution in [1.29, 1.82) is 0 Å². The molecule has 0 fully saturated rings. The number of nitrogens with zero attached hydrogens (tertiary/aromatic N) is 1. The molecule has 0 aliphatic rings. The van der Waals surface area contributed by atoms with E-state index in [9.17, 15) is 0 Å². The molecule has 0 spiro atoms. The summed E-state index contributed by atoms with van der Waals surface area (Å²) in [5.41, 5.74) is 2.28. The first-order chi connectivity index (χ1) is 9.20. The molecule has 0 amide bonds. The molecular weight excluding hydrogens is 324 g/mol. The van der Waals surface area contributed by atoms with Gasteiger partial charge in [0.25, 0.3) is 0 Å². The van der Waals surface area contributed by atoms with Crippen LogP contribution in [0.4, 0.5) is 0 Å². The van der Waals surface area contributed by atoms with Gasteiger partial charge in [-0.25, -0.2) is 0 Å². The second kappa shape index (κ2) is 7.04. The molecule has 0 aliphatic heterocycles. The summed E-state index contributed by atoms with van der Waals surface area (Å²) in [5, 5.41) is 4.13. The predicted octanol–water partition coefficient (Wildman–Crippen LogP) is 4.39. The summed E-state index contributed by atoms with van der Waals surface area (Å²) >= 11 is 9.48. The maximum absolute atomic E-state index is 5.89. The monoisotopic (exact) mass is 338 g/mol. The molecule has 0 bridgehead atoms. The Bertz CT molecular complexity index is 528. The molecule has 0 radical (unpaired) electrons. The molecular formula is C15H16BrClN2. The number of nitrogens with one attached hydrogen (secondary N) is 1. The van der Waals surface area contributed by atoms with Crippen LogP contribution in [0.5, 0.6) is 0 Å². The predicted molar refractivity (Wildman–Crippen MR) is 83.5 cm³/mol. The van der Waals surface area contributed by atoms with E-state index in [-0.39, 0.29) is 6.04 Å². The smallest absolute Gasteiger partial charge is 0.0589 e. The van der Waals surface area contributed by atoms with E-state index >= 15 is 0 Å². The molecule has 19 heavy (non-hydrogen) atoms. The summed E-state index contributed by atoms with van der Waals surface area (Å²) in [6.07, 6.45) is 2.59. The molecule has 4 heteroatoms. The van der Waals surface area contributed by atoms with E-state index in [0.29, 0.717) is 5.02 Å². The summed E-state index contributed by atoms with van der Waals surface area (Å²) < 4.78 is 1.13. The normalized spacial score (nSPS) is 12.4. The average Bonchev–Trinajstić information content (AvgIpc) is 2.42. The summed E-state index contributed by atoms with van der Waals surface area (Å²) in [4.78, 5) is 4.41. The van der Waals surface area contributed by atoms with Gasteiger partial charge in [0.2, 0.25) is 0 Å². The van der Waals surface area contributed by atoms with Gasteiger partial charge in [-0.1, -0.05) is 52.7 Å². The van der Waals surface area contributed by atoms with E-state index in [4.69, 9.17) is 11.6 Å². The van der Waals surface area contributed by atoms with Crippen LogP contribution in [-0.4, -0.2) is 11.5 Å². The van der Waals surface area contributed by atoms with Gasteiger partial charge in [-0.2, -0.15) is 0 Å². The van der Waals surface area contributed by atoms with Crippen LogP contribution in [0.25, 0.3) is 0 Å². The van der Waals surface area contributed by atoms with Crippen LogP contribution < -0.4 is 5.32 Å². The highest BCUT2D eigenvalue weighted by Crippen LogP contribution is 2.23. The number of hydrogen-bond acceptors (Lipinski definition) is 2. The topological polar surface area (TPSA) is 24.9 Å². The summed E-state index contributed by atoms with van der Waals surface area (Å²) in [7, 11) is 0. The van der Waals surface area contributed by atoms with E-state index in [1.165, 1.54) is 5.56 Å². The van der Waals surface area contributed by atoms with E-state index in [1.54, 1.807) is 6.20 Å². The van der Waals surface area contributed by atoms with E-state index in [2.05, 4.69) is 51.4 Å². The molecule has 1 N–H and O–H groups in total. The minimum Gasteiger partial charge on any atom is -0.309 e. The maximum atomic E-state index is 5.89. The Morgan fingerprint density at radius 2 is 2.05 bits per heavy atom. The maximum Gasteiger partial charge on any atom is 0.0589 e. The number of rotatable bonds is 5. The standard InChI is InChI=1S/C15H16BrClN2/c1-2-18-15(14-8-7-12(17)10-19-14)9-11-5-3-4-6-13(11)16/h3-8,10,15,18H,2,9H2,1H3. The van der Waals surface area contributed by atoms with Gasteiger partial charge in [0.05, 0.1) is 16.8 Å². The van der Waals surface area contributed by atoms with Crippen molar-refractivity contribution >= 4 is 27.5 Å². The van der Waals surface area contributed by atoms with Crippen molar-refractivity contribution in [2.24, 2.45) is 0 Å². The highest BCUT2D eigenvalue weighted by atomic mass is 79.9. The number of benzene rings is 1. The molecule has 2 aromatic rings. The molecule has 1 unspecified atom stereocenters.